The van der Waals surface area contributed by atoms with Crippen molar-refractivity contribution >= 4 is 29.9 Å². The maximum absolute atomic E-state index is 13.1. The molecular weight excluding hydrogens is 363 g/mol. The average Bonchev–Trinajstić information content (AvgIpc) is 3.00. The molecule has 2 aromatic rings. The Morgan fingerprint density at radius 3 is 2.80 bits per heavy atom. The van der Waals surface area contributed by atoms with Gasteiger partial charge in [-0.05, 0) is 0 Å². The van der Waals surface area contributed by atoms with Crippen molar-refractivity contribution in [1.82, 2.24) is 29.7 Å². The van der Waals surface area contributed by atoms with E-state index < -0.39 is 0 Å². The number of piperazine rings is 1. The van der Waals surface area contributed by atoms with Crippen LogP contribution in [-0.4, -0.2) is 50.0 Å². The van der Waals surface area contributed by atoms with E-state index in [0.717, 1.165) is 12.4 Å². The van der Waals surface area contributed by atoms with E-state index in [1.165, 1.54) is 6.20 Å². The van der Waals surface area contributed by atoms with Gasteiger partial charge in [-0.1, -0.05) is 25.4 Å². The van der Waals surface area contributed by atoms with Gasteiger partial charge < -0.3 is 14.8 Å². The molecule has 0 radical (unpaired) electrons. The van der Waals surface area contributed by atoms with Gasteiger partial charge in [0.15, 0.2) is 5.69 Å². The number of hydrogen-bond donors (Lipinski definition) is 1. The highest BCUT2D eigenvalue weighted by Crippen LogP contribution is 2.25. The van der Waals surface area contributed by atoms with Crippen molar-refractivity contribution in [3.8, 4) is 0 Å². The van der Waals surface area contributed by atoms with Crippen LogP contribution in [0.2, 0.25) is 5.02 Å². The first-order valence-electron chi connectivity index (χ1n) is 8.00. The minimum Gasteiger partial charge on any atom is -0.336 e. The minimum absolute atomic E-state index is 0. The summed E-state index contributed by atoms with van der Waals surface area (Å²) < 4.78 is 1.93. The number of rotatable bonds is 3. The summed E-state index contributed by atoms with van der Waals surface area (Å²) in [6.45, 7) is 5.93. The lowest BCUT2D eigenvalue weighted by Crippen LogP contribution is -2.49. The molecule has 3 rings (SSSR count). The molecule has 1 fully saturated rings. The topological polar surface area (TPSA) is 75.9 Å². The van der Waals surface area contributed by atoms with E-state index >= 15 is 0 Å². The van der Waals surface area contributed by atoms with E-state index in [-0.39, 0.29) is 41.0 Å². The highest BCUT2D eigenvalue weighted by atomic mass is 35.5. The fourth-order valence-electron chi connectivity index (χ4n) is 2.82. The number of carbonyl (C=O) groups is 1. The summed E-state index contributed by atoms with van der Waals surface area (Å²) in [6.07, 6.45) is 5.12. The molecule has 1 aliphatic rings. The Morgan fingerprint density at radius 1 is 1.40 bits per heavy atom. The molecule has 0 aromatic carbocycles. The Bertz CT molecular complexity index is 748. The van der Waals surface area contributed by atoms with Gasteiger partial charge in [0.05, 0.1) is 11.2 Å². The van der Waals surface area contributed by atoms with Gasteiger partial charge in [0.25, 0.3) is 5.91 Å². The number of imidazole rings is 1. The largest absolute Gasteiger partial charge is 0.336 e. The third-order valence-corrected chi connectivity index (χ3v) is 4.42. The second-order valence-electron chi connectivity index (χ2n) is 6.19. The molecule has 0 bridgehead atoms. The van der Waals surface area contributed by atoms with Crippen molar-refractivity contribution in [2.24, 2.45) is 7.05 Å². The number of aryl methyl sites for hydroxylation is 1. The van der Waals surface area contributed by atoms with E-state index in [1.54, 1.807) is 11.1 Å². The molecule has 1 atom stereocenters. The summed E-state index contributed by atoms with van der Waals surface area (Å²) in [5.74, 6) is 1.40. The summed E-state index contributed by atoms with van der Waals surface area (Å²) in [5, 5.41) is 3.60. The predicted molar refractivity (Wildman–Crippen MR) is 98.2 cm³/mol. The molecule has 7 nitrogen and oxygen atoms in total. The second-order valence-corrected chi connectivity index (χ2v) is 6.60. The first-order chi connectivity index (χ1) is 11.5. The SMILES string of the molecule is CC(C)c1ncc(Cl)c(C(=O)N2CCNCC2c2nccn2C)n1.Cl. The smallest absolute Gasteiger partial charge is 0.274 e. The maximum Gasteiger partial charge on any atom is 0.274 e. The third-order valence-electron chi connectivity index (χ3n) is 4.14. The van der Waals surface area contributed by atoms with Gasteiger partial charge in [0.2, 0.25) is 0 Å². The lowest BCUT2D eigenvalue weighted by atomic mass is 10.1. The number of aromatic nitrogens is 4. The zero-order valence-electron chi connectivity index (χ0n) is 14.4. The summed E-state index contributed by atoms with van der Waals surface area (Å²) in [5.41, 5.74) is 0.261. The van der Waals surface area contributed by atoms with Crippen LogP contribution < -0.4 is 5.32 Å². The van der Waals surface area contributed by atoms with Gasteiger partial charge in [0.1, 0.15) is 17.7 Å². The Hall–Kier alpha value is -1.70. The molecule has 1 saturated heterocycles. The minimum atomic E-state index is -0.182. The Kier molecular flexibility index (Phi) is 6.37. The van der Waals surface area contributed by atoms with E-state index in [2.05, 4.69) is 20.3 Å². The molecule has 9 heteroatoms. The Labute approximate surface area is 158 Å². The number of nitrogens with zero attached hydrogens (tertiary/aromatic N) is 5. The number of hydrogen-bond acceptors (Lipinski definition) is 5. The summed E-state index contributed by atoms with van der Waals surface area (Å²) in [6, 6.07) is -0.153. The van der Waals surface area contributed by atoms with Gasteiger partial charge in [-0.2, -0.15) is 0 Å². The third kappa shape index (κ3) is 3.94. The molecule has 25 heavy (non-hydrogen) atoms. The molecule has 136 valence electrons. The maximum atomic E-state index is 13.1. The van der Waals surface area contributed by atoms with Crippen LogP contribution in [0.4, 0.5) is 0 Å². The van der Waals surface area contributed by atoms with Gasteiger partial charge in [0, 0.05) is 45.0 Å². The van der Waals surface area contributed by atoms with Gasteiger partial charge >= 0.3 is 0 Å². The zero-order chi connectivity index (χ0) is 17.3. The number of amides is 1. The molecule has 1 N–H and O–H groups in total. The van der Waals surface area contributed by atoms with Crippen LogP contribution in [0.25, 0.3) is 0 Å². The second kappa shape index (κ2) is 8.12. The van der Waals surface area contributed by atoms with Crippen molar-refractivity contribution in [2.45, 2.75) is 25.8 Å². The Morgan fingerprint density at radius 2 is 2.16 bits per heavy atom. The van der Waals surface area contributed by atoms with E-state index in [0.29, 0.717) is 18.9 Å². The standard InChI is InChI=1S/C16H21ClN6O.ClH/c1-10(2)14-20-8-11(17)13(21-14)16(24)23-7-4-18-9-12(23)15-19-5-6-22(15)3;/h5-6,8,10,12,18H,4,7,9H2,1-3H3;1H. The number of nitrogens with one attached hydrogen (secondary N) is 1. The van der Waals surface area contributed by atoms with Crippen LogP contribution >= 0.6 is 24.0 Å². The normalized spacial score (nSPS) is 17.5. The van der Waals surface area contributed by atoms with E-state index in [1.807, 2.05) is 31.7 Å². The highest BCUT2D eigenvalue weighted by Gasteiger charge is 2.32. The van der Waals surface area contributed by atoms with Gasteiger partial charge in [-0.15, -0.1) is 12.4 Å². The van der Waals surface area contributed by atoms with Gasteiger partial charge in [-0.3, -0.25) is 4.79 Å². The fourth-order valence-corrected chi connectivity index (χ4v) is 2.99. The van der Waals surface area contributed by atoms with Crippen molar-refractivity contribution in [1.29, 1.82) is 0 Å². The first-order valence-corrected chi connectivity index (χ1v) is 8.38. The van der Waals surface area contributed by atoms with Crippen LogP contribution in [0.5, 0.6) is 0 Å². The van der Waals surface area contributed by atoms with Crippen LogP contribution in [0.15, 0.2) is 18.6 Å². The number of carbonyl (C=O) groups excluding carboxylic acids is 1. The van der Waals surface area contributed by atoms with Crippen molar-refractivity contribution < 1.29 is 4.79 Å². The van der Waals surface area contributed by atoms with E-state index in [9.17, 15) is 4.79 Å². The molecular formula is C16H22Cl2N6O. The molecule has 1 unspecified atom stereocenters. The van der Waals surface area contributed by atoms with Crippen LogP contribution in [0, 0.1) is 0 Å². The fraction of sp³-hybridized carbons (Fsp3) is 0.500. The molecule has 2 aromatic heterocycles. The highest BCUT2D eigenvalue weighted by molar-refractivity contribution is 6.33. The Balaban J connectivity index is 0.00000225. The molecule has 1 aliphatic heterocycles. The van der Waals surface area contributed by atoms with Crippen LogP contribution in [-0.2, 0) is 7.05 Å². The van der Waals surface area contributed by atoms with Crippen molar-refractivity contribution in [3.05, 3.63) is 41.0 Å². The quantitative estimate of drug-likeness (QED) is 0.877. The summed E-state index contributed by atoms with van der Waals surface area (Å²) in [4.78, 5) is 27.9. The van der Waals surface area contributed by atoms with Crippen LogP contribution in [0.1, 0.15) is 47.9 Å². The lowest BCUT2D eigenvalue weighted by Gasteiger charge is -2.35. The molecule has 3 heterocycles. The average molecular weight is 385 g/mol. The molecule has 0 aliphatic carbocycles. The van der Waals surface area contributed by atoms with Crippen LogP contribution in [0.3, 0.4) is 0 Å². The van der Waals surface area contributed by atoms with E-state index in [4.69, 9.17) is 11.6 Å². The first kappa shape index (κ1) is 19.6. The van der Waals surface area contributed by atoms with Crippen molar-refractivity contribution in [2.75, 3.05) is 19.6 Å². The molecule has 0 spiro atoms. The monoisotopic (exact) mass is 384 g/mol. The van der Waals surface area contributed by atoms with Crippen molar-refractivity contribution in [3.63, 3.8) is 0 Å². The molecule has 0 saturated carbocycles. The lowest BCUT2D eigenvalue weighted by molar-refractivity contribution is 0.0614. The zero-order valence-corrected chi connectivity index (χ0v) is 16.0. The predicted octanol–water partition coefficient (Wildman–Crippen LogP) is 2.20. The number of halogens is 2. The summed E-state index contributed by atoms with van der Waals surface area (Å²) >= 11 is 6.21. The van der Waals surface area contributed by atoms with Gasteiger partial charge in [-0.25, -0.2) is 15.0 Å². The molecule has 1 amide bonds. The summed E-state index contributed by atoms with van der Waals surface area (Å²) in [7, 11) is 1.92.